The number of fused-ring (bicyclic) bond motifs is 4. The van der Waals surface area contributed by atoms with Crippen LogP contribution in [-0.2, 0) is 0 Å². The Morgan fingerprint density at radius 3 is 1.68 bits per heavy atom. The average molecular weight is 531 g/mol. The van der Waals surface area contributed by atoms with Gasteiger partial charge in [-0.15, -0.1) is 0 Å². The zero-order valence-corrected chi connectivity index (χ0v) is 22.0. The molecule has 0 saturated heterocycles. The molecule has 0 spiro atoms. The first-order chi connectivity index (χ1) is 20.3. The first-order valence-electron chi connectivity index (χ1n) is 13.3. The fourth-order valence-electron chi connectivity index (χ4n) is 5.41. The molecular formula is C33H22N8. The van der Waals surface area contributed by atoms with Gasteiger partial charge >= 0.3 is 0 Å². The number of nitrogens with one attached hydrogen (secondary N) is 2. The SMILES string of the molecule is CN=C1N=C(N=C2NC(=NC3=NC(=Nc4[nH]cc5ccccc45)c4ccccc43)c3ccccc32)c2ccccc21. The standard InChI is InChI=1S/C33H22N8/c1-34-27-21-12-4-5-13-22(21)29(36-27)38-31-25-16-8-9-17-26(25)33(40-31)41-32-24-15-7-6-14-23(24)30(39-32)37-28-20-11-3-2-10-19(20)18-35-28/h2-18,35H,1H3,(H,34,36,37,38,39,40,41). The predicted octanol–water partition coefficient (Wildman–Crippen LogP) is 5.64. The first kappa shape index (κ1) is 23.2. The van der Waals surface area contributed by atoms with Gasteiger partial charge in [0.15, 0.2) is 23.3 Å². The molecule has 8 rings (SSSR count). The molecule has 0 atom stereocenters. The number of aromatic amines is 1. The van der Waals surface area contributed by atoms with E-state index in [1.54, 1.807) is 7.05 Å². The topological polar surface area (TPSA) is 102 Å². The molecule has 0 fully saturated rings. The number of amidine groups is 6. The van der Waals surface area contributed by atoms with E-state index in [-0.39, 0.29) is 0 Å². The average Bonchev–Trinajstić information content (AvgIpc) is 3.78. The van der Waals surface area contributed by atoms with Gasteiger partial charge in [0.05, 0.1) is 0 Å². The number of H-pyrrole nitrogens is 1. The third-order valence-corrected chi connectivity index (χ3v) is 7.36. The van der Waals surface area contributed by atoms with Gasteiger partial charge in [0.1, 0.15) is 17.5 Å². The molecule has 8 nitrogen and oxygen atoms in total. The number of rotatable bonds is 1. The number of hydrogen-bond acceptors (Lipinski definition) is 4. The molecule has 3 aliphatic rings. The number of hydrogen-bond donors (Lipinski definition) is 2. The van der Waals surface area contributed by atoms with Gasteiger partial charge in [-0.1, -0.05) is 97.1 Å². The van der Waals surface area contributed by atoms with Gasteiger partial charge in [-0.3, -0.25) is 4.99 Å². The molecule has 0 saturated carbocycles. The van der Waals surface area contributed by atoms with Gasteiger partial charge < -0.3 is 10.3 Å². The lowest BCUT2D eigenvalue weighted by atomic mass is 10.1. The van der Waals surface area contributed by atoms with Gasteiger partial charge in [0, 0.05) is 57.4 Å². The number of nitrogens with zero attached hydrogens (tertiary/aromatic N) is 6. The maximum Gasteiger partial charge on any atom is 0.164 e. The largest absolute Gasteiger partial charge is 0.345 e. The highest BCUT2D eigenvalue weighted by Gasteiger charge is 2.28. The van der Waals surface area contributed by atoms with Crippen LogP contribution in [0.15, 0.2) is 133 Å². The van der Waals surface area contributed by atoms with Crippen molar-refractivity contribution >= 4 is 51.6 Å². The Balaban J connectivity index is 1.21. The summed E-state index contributed by atoms with van der Waals surface area (Å²) >= 11 is 0. The van der Waals surface area contributed by atoms with E-state index in [0.29, 0.717) is 35.0 Å². The normalized spacial score (nSPS) is 19.0. The lowest BCUT2D eigenvalue weighted by Gasteiger charge is -2.02. The fraction of sp³-hybridized carbons (Fsp3) is 0.0303. The van der Waals surface area contributed by atoms with Gasteiger partial charge in [0.25, 0.3) is 0 Å². The molecule has 2 N–H and O–H groups in total. The Hall–Kier alpha value is -5.76. The van der Waals surface area contributed by atoms with E-state index in [4.69, 9.17) is 25.0 Å². The molecule has 8 heteroatoms. The molecule has 0 radical (unpaired) electrons. The van der Waals surface area contributed by atoms with Crippen LogP contribution in [0.3, 0.4) is 0 Å². The summed E-state index contributed by atoms with van der Waals surface area (Å²) in [6, 6.07) is 32.3. The minimum absolute atomic E-state index is 0.595. The summed E-state index contributed by atoms with van der Waals surface area (Å²) in [5, 5.41) is 5.59. The second-order valence-electron chi connectivity index (χ2n) is 9.76. The van der Waals surface area contributed by atoms with E-state index >= 15 is 0 Å². The summed E-state index contributed by atoms with van der Waals surface area (Å²) < 4.78 is 0. The van der Waals surface area contributed by atoms with Crippen molar-refractivity contribution in [3.63, 3.8) is 0 Å². The summed E-state index contributed by atoms with van der Waals surface area (Å²) in [7, 11) is 1.75. The highest BCUT2D eigenvalue weighted by atomic mass is 15.1. The Morgan fingerprint density at radius 1 is 0.537 bits per heavy atom. The summed E-state index contributed by atoms with van der Waals surface area (Å²) in [5.41, 5.74) is 5.70. The van der Waals surface area contributed by atoms with E-state index in [9.17, 15) is 0 Å². The van der Waals surface area contributed by atoms with Crippen LogP contribution < -0.4 is 5.32 Å². The summed E-state index contributed by atoms with van der Waals surface area (Å²) in [5.74, 6) is 4.65. The van der Waals surface area contributed by atoms with Crippen molar-refractivity contribution in [2.75, 3.05) is 7.05 Å². The van der Waals surface area contributed by atoms with Crippen molar-refractivity contribution in [1.29, 1.82) is 0 Å². The Labute approximate surface area is 235 Å². The Kier molecular flexibility index (Phi) is 5.18. The summed E-state index contributed by atoms with van der Waals surface area (Å²) in [6.45, 7) is 0. The van der Waals surface area contributed by atoms with Crippen LogP contribution in [0.4, 0.5) is 5.82 Å². The molecule has 0 amide bonds. The Bertz CT molecular complexity index is 2090. The maximum absolute atomic E-state index is 5.02. The summed E-state index contributed by atoms with van der Waals surface area (Å²) in [4.78, 5) is 32.1. The zero-order valence-electron chi connectivity index (χ0n) is 22.0. The van der Waals surface area contributed by atoms with Gasteiger partial charge in [-0.05, 0) is 0 Å². The first-order valence-corrected chi connectivity index (χ1v) is 13.3. The van der Waals surface area contributed by atoms with Crippen molar-refractivity contribution in [1.82, 2.24) is 10.3 Å². The van der Waals surface area contributed by atoms with Crippen molar-refractivity contribution in [3.05, 3.63) is 137 Å². The van der Waals surface area contributed by atoms with Crippen LogP contribution in [0.1, 0.15) is 33.4 Å². The maximum atomic E-state index is 5.02. The minimum Gasteiger partial charge on any atom is -0.345 e. The molecule has 0 aliphatic carbocycles. The number of aromatic nitrogens is 1. The molecule has 5 aromatic rings. The minimum atomic E-state index is 0.595. The zero-order chi connectivity index (χ0) is 27.3. The monoisotopic (exact) mass is 530 g/mol. The van der Waals surface area contributed by atoms with Crippen LogP contribution in [0.2, 0.25) is 0 Å². The van der Waals surface area contributed by atoms with Gasteiger partial charge in [0.2, 0.25) is 0 Å². The lowest BCUT2D eigenvalue weighted by Crippen LogP contribution is -2.24. The highest BCUT2D eigenvalue weighted by molar-refractivity contribution is 6.33. The van der Waals surface area contributed by atoms with E-state index in [1.165, 1.54) is 0 Å². The van der Waals surface area contributed by atoms with Crippen LogP contribution >= 0.6 is 0 Å². The van der Waals surface area contributed by atoms with Crippen molar-refractivity contribution in [3.8, 4) is 0 Å². The molecule has 0 bridgehead atoms. The number of benzene rings is 4. The second kappa shape index (κ2) is 9.17. The van der Waals surface area contributed by atoms with Crippen LogP contribution in [0.5, 0.6) is 0 Å². The van der Waals surface area contributed by atoms with Crippen molar-refractivity contribution in [2.45, 2.75) is 0 Å². The van der Waals surface area contributed by atoms with Crippen LogP contribution in [0, 0.1) is 0 Å². The van der Waals surface area contributed by atoms with Gasteiger partial charge in [-0.2, -0.15) is 0 Å². The molecule has 4 aromatic carbocycles. The molecule has 4 heterocycles. The molecular weight excluding hydrogens is 508 g/mol. The third kappa shape index (κ3) is 3.76. The fourth-order valence-corrected chi connectivity index (χ4v) is 5.41. The molecule has 0 unspecified atom stereocenters. The third-order valence-electron chi connectivity index (χ3n) is 7.36. The Morgan fingerprint density at radius 2 is 1.05 bits per heavy atom. The quantitative estimate of drug-likeness (QED) is 0.288. The van der Waals surface area contributed by atoms with Gasteiger partial charge in [-0.25, -0.2) is 25.0 Å². The van der Waals surface area contributed by atoms with E-state index in [1.807, 2.05) is 91.1 Å². The van der Waals surface area contributed by atoms with E-state index in [0.717, 1.165) is 50.0 Å². The second-order valence-corrected chi connectivity index (χ2v) is 9.76. The molecule has 1 aromatic heterocycles. The lowest BCUT2D eigenvalue weighted by molar-refractivity contribution is 1.34. The van der Waals surface area contributed by atoms with Crippen LogP contribution in [0.25, 0.3) is 10.8 Å². The molecule has 194 valence electrons. The highest BCUT2D eigenvalue weighted by Crippen LogP contribution is 2.29. The van der Waals surface area contributed by atoms with Crippen LogP contribution in [-0.4, -0.2) is 47.0 Å². The van der Waals surface area contributed by atoms with Crippen molar-refractivity contribution in [2.24, 2.45) is 30.0 Å². The van der Waals surface area contributed by atoms with Crippen molar-refractivity contribution < 1.29 is 0 Å². The van der Waals surface area contributed by atoms with E-state index < -0.39 is 0 Å². The molecule has 41 heavy (non-hydrogen) atoms. The molecule has 3 aliphatic heterocycles. The summed E-state index contributed by atoms with van der Waals surface area (Å²) in [6.07, 6.45) is 1.96. The smallest absolute Gasteiger partial charge is 0.164 e. The van der Waals surface area contributed by atoms with E-state index in [2.05, 4.69) is 27.4 Å². The number of aliphatic imine (C=N–C) groups is 6. The predicted molar refractivity (Wildman–Crippen MR) is 166 cm³/mol.